The Morgan fingerprint density at radius 3 is 2.44 bits per heavy atom. The Morgan fingerprint density at radius 1 is 1.06 bits per heavy atom. The summed E-state index contributed by atoms with van der Waals surface area (Å²) < 4.78 is 25.8. The summed E-state index contributed by atoms with van der Waals surface area (Å²) >= 11 is 0. The second-order valence-electron chi connectivity index (χ2n) is 3.70. The van der Waals surface area contributed by atoms with Crippen LogP contribution in [0.15, 0.2) is 42.5 Å². The zero-order valence-corrected chi connectivity index (χ0v) is 9.28. The van der Waals surface area contributed by atoms with Gasteiger partial charge in [-0.1, -0.05) is 6.07 Å². The fourth-order valence-corrected chi connectivity index (χ4v) is 1.47. The summed E-state index contributed by atoms with van der Waals surface area (Å²) in [6.45, 7) is 0. The molecule has 5 heteroatoms. The third kappa shape index (κ3) is 2.63. The second-order valence-corrected chi connectivity index (χ2v) is 3.70. The van der Waals surface area contributed by atoms with Gasteiger partial charge in [-0.2, -0.15) is 0 Å². The van der Waals surface area contributed by atoms with Gasteiger partial charge in [0.2, 0.25) is 0 Å². The lowest BCUT2D eigenvalue weighted by molar-refractivity contribution is 0.102. The zero-order chi connectivity index (χ0) is 13.1. The van der Waals surface area contributed by atoms with E-state index in [2.05, 4.69) is 5.32 Å². The van der Waals surface area contributed by atoms with Crippen LogP contribution in [0, 0.1) is 11.6 Å². The van der Waals surface area contributed by atoms with Crippen molar-refractivity contribution in [3.8, 4) is 0 Å². The van der Waals surface area contributed by atoms with Gasteiger partial charge in [-0.05, 0) is 36.4 Å². The van der Waals surface area contributed by atoms with Gasteiger partial charge in [-0.3, -0.25) is 4.79 Å². The van der Waals surface area contributed by atoms with Gasteiger partial charge in [-0.15, -0.1) is 0 Å². The van der Waals surface area contributed by atoms with Crippen LogP contribution in [0.25, 0.3) is 0 Å². The van der Waals surface area contributed by atoms with Gasteiger partial charge >= 0.3 is 0 Å². The molecular formula is C13H10F2N2O. The van der Waals surface area contributed by atoms with Crippen molar-refractivity contribution >= 4 is 17.3 Å². The maximum Gasteiger partial charge on any atom is 0.255 e. The molecule has 0 aliphatic rings. The van der Waals surface area contributed by atoms with Gasteiger partial charge in [0.05, 0.1) is 11.4 Å². The van der Waals surface area contributed by atoms with Gasteiger partial charge in [0.15, 0.2) is 0 Å². The Hall–Kier alpha value is -2.43. The van der Waals surface area contributed by atoms with Crippen LogP contribution in [0.5, 0.6) is 0 Å². The Labute approximate surface area is 102 Å². The first kappa shape index (κ1) is 12.0. The van der Waals surface area contributed by atoms with E-state index in [0.717, 1.165) is 12.1 Å². The predicted molar refractivity (Wildman–Crippen MR) is 65.2 cm³/mol. The summed E-state index contributed by atoms with van der Waals surface area (Å²) in [6.07, 6.45) is 0. The van der Waals surface area contributed by atoms with Crippen molar-refractivity contribution in [3.05, 3.63) is 59.7 Å². The second kappa shape index (κ2) is 4.83. The highest BCUT2D eigenvalue weighted by Gasteiger charge is 2.09. The molecule has 18 heavy (non-hydrogen) atoms. The molecule has 0 spiro atoms. The minimum absolute atomic E-state index is 0.111. The van der Waals surface area contributed by atoms with Crippen LogP contribution in [0.3, 0.4) is 0 Å². The van der Waals surface area contributed by atoms with E-state index in [4.69, 9.17) is 5.73 Å². The van der Waals surface area contributed by atoms with E-state index in [0.29, 0.717) is 0 Å². The van der Waals surface area contributed by atoms with Crippen LogP contribution in [0.1, 0.15) is 10.4 Å². The molecule has 1 amide bonds. The number of rotatable bonds is 2. The Bertz CT molecular complexity index is 599. The van der Waals surface area contributed by atoms with Gasteiger partial charge in [0.25, 0.3) is 5.91 Å². The lowest BCUT2D eigenvalue weighted by Crippen LogP contribution is -2.13. The van der Waals surface area contributed by atoms with Gasteiger partial charge in [0, 0.05) is 5.56 Å². The minimum Gasteiger partial charge on any atom is -0.397 e. The molecular weight excluding hydrogens is 238 g/mol. The number of halogens is 2. The molecule has 0 radical (unpaired) electrons. The summed E-state index contributed by atoms with van der Waals surface area (Å²) in [5.41, 5.74) is 6.11. The number of nitrogens with two attached hydrogens (primary N) is 1. The molecule has 0 fully saturated rings. The number of hydrogen-bond acceptors (Lipinski definition) is 2. The van der Waals surface area contributed by atoms with E-state index in [9.17, 15) is 13.6 Å². The monoisotopic (exact) mass is 248 g/mol. The molecule has 2 rings (SSSR count). The molecule has 0 aliphatic heterocycles. The topological polar surface area (TPSA) is 55.1 Å². The standard InChI is InChI=1S/C13H10F2N2O/c14-9-3-1-2-8(6-9)13(18)17-12-5-4-10(15)7-11(12)16/h1-7H,16H2,(H,17,18). The SMILES string of the molecule is Nc1cc(F)ccc1NC(=O)c1cccc(F)c1. The van der Waals surface area contributed by atoms with E-state index in [-0.39, 0.29) is 16.9 Å². The normalized spacial score (nSPS) is 10.1. The largest absolute Gasteiger partial charge is 0.397 e. The number of anilines is 2. The molecule has 0 bridgehead atoms. The van der Waals surface area contributed by atoms with E-state index in [1.165, 1.54) is 30.3 Å². The van der Waals surface area contributed by atoms with Crippen molar-refractivity contribution in [1.29, 1.82) is 0 Å². The van der Waals surface area contributed by atoms with Crippen molar-refractivity contribution in [3.63, 3.8) is 0 Å². The number of carbonyl (C=O) groups excluding carboxylic acids is 1. The first-order chi connectivity index (χ1) is 8.56. The molecule has 0 aromatic heterocycles. The van der Waals surface area contributed by atoms with Crippen LogP contribution in [-0.2, 0) is 0 Å². The van der Waals surface area contributed by atoms with Gasteiger partial charge in [0.1, 0.15) is 11.6 Å². The summed E-state index contributed by atoms with van der Waals surface area (Å²) in [6, 6.07) is 8.87. The first-order valence-corrected chi connectivity index (χ1v) is 5.18. The van der Waals surface area contributed by atoms with Crippen LogP contribution in [0.2, 0.25) is 0 Å². The first-order valence-electron chi connectivity index (χ1n) is 5.18. The lowest BCUT2D eigenvalue weighted by Gasteiger charge is -2.08. The Balaban J connectivity index is 2.21. The molecule has 0 unspecified atom stereocenters. The average Bonchev–Trinajstić information content (AvgIpc) is 2.32. The minimum atomic E-state index is -0.507. The van der Waals surface area contributed by atoms with Crippen molar-refractivity contribution in [2.24, 2.45) is 0 Å². The highest BCUT2D eigenvalue weighted by atomic mass is 19.1. The predicted octanol–water partition coefficient (Wildman–Crippen LogP) is 2.80. The van der Waals surface area contributed by atoms with Crippen LogP contribution >= 0.6 is 0 Å². The van der Waals surface area contributed by atoms with Crippen molar-refractivity contribution in [2.45, 2.75) is 0 Å². The molecule has 0 atom stereocenters. The van der Waals surface area contributed by atoms with E-state index in [1.54, 1.807) is 0 Å². The molecule has 3 N–H and O–H groups in total. The smallest absolute Gasteiger partial charge is 0.255 e. The number of hydrogen-bond donors (Lipinski definition) is 2. The molecule has 0 heterocycles. The molecule has 0 aliphatic carbocycles. The fraction of sp³-hybridized carbons (Fsp3) is 0. The highest BCUT2D eigenvalue weighted by Crippen LogP contribution is 2.20. The van der Waals surface area contributed by atoms with E-state index in [1.807, 2.05) is 0 Å². The number of nitrogen functional groups attached to an aromatic ring is 1. The molecule has 3 nitrogen and oxygen atoms in total. The zero-order valence-electron chi connectivity index (χ0n) is 9.28. The number of carbonyl (C=O) groups is 1. The quantitative estimate of drug-likeness (QED) is 0.803. The summed E-state index contributed by atoms with van der Waals surface area (Å²) in [4.78, 5) is 11.8. The maximum absolute atomic E-state index is 12.9. The van der Waals surface area contributed by atoms with E-state index < -0.39 is 17.5 Å². The fourth-order valence-electron chi connectivity index (χ4n) is 1.47. The van der Waals surface area contributed by atoms with Crippen molar-refractivity contribution in [1.82, 2.24) is 0 Å². The highest BCUT2D eigenvalue weighted by molar-refractivity contribution is 6.05. The molecule has 2 aromatic rings. The Kier molecular flexibility index (Phi) is 3.23. The third-order valence-corrected chi connectivity index (χ3v) is 2.35. The number of nitrogens with one attached hydrogen (secondary N) is 1. The maximum atomic E-state index is 12.9. The Morgan fingerprint density at radius 2 is 1.78 bits per heavy atom. The van der Waals surface area contributed by atoms with Gasteiger partial charge < -0.3 is 11.1 Å². The van der Waals surface area contributed by atoms with Crippen molar-refractivity contribution in [2.75, 3.05) is 11.1 Å². The molecule has 2 aromatic carbocycles. The summed E-state index contributed by atoms with van der Waals surface area (Å²) in [5, 5.41) is 2.48. The van der Waals surface area contributed by atoms with E-state index >= 15 is 0 Å². The van der Waals surface area contributed by atoms with Crippen LogP contribution in [0.4, 0.5) is 20.2 Å². The third-order valence-electron chi connectivity index (χ3n) is 2.35. The van der Waals surface area contributed by atoms with Crippen LogP contribution < -0.4 is 11.1 Å². The summed E-state index contributed by atoms with van der Waals surface area (Å²) in [7, 11) is 0. The molecule has 0 saturated heterocycles. The average molecular weight is 248 g/mol. The number of amides is 1. The lowest BCUT2D eigenvalue weighted by atomic mass is 10.2. The molecule has 92 valence electrons. The summed E-state index contributed by atoms with van der Waals surface area (Å²) in [5.74, 6) is -1.50. The molecule has 0 saturated carbocycles. The van der Waals surface area contributed by atoms with Gasteiger partial charge in [-0.25, -0.2) is 8.78 Å². The number of benzene rings is 2. The van der Waals surface area contributed by atoms with Crippen LogP contribution in [-0.4, -0.2) is 5.91 Å². The van der Waals surface area contributed by atoms with Crippen molar-refractivity contribution < 1.29 is 13.6 Å².